The molecule has 3 heteroatoms. The van der Waals surface area contributed by atoms with Crippen LogP contribution in [0.2, 0.25) is 0 Å². The van der Waals surface area contributed by atoms with Crippen molar-refractivity contribution in [3.05, 3.63) is 29.3 Å². The van der Waals surface area contributed by atoms with Gasteiger partial charge in [-0.15, -0.1) is 0 Å². The van der Waals surface area contributed by atoms with Crippen LogP contribution in [0.4, 0.5) is 8.78 Å². The predicted molar refractivity (Wildman–Crippen MR) is 60.7 cm³/mol. The second-order valence-corrected chi connectivity index (χ2v) is 3.92. The standard InChI is InChI=1S/C13H18F2O/c1-3-4-5-6-9-16-11-8-7-10(2)12(14)13(11)15/h7-8H,3-6,9H2,1-2H3. The molecule has 0 atom stereocenters. The maximum absolute atomic E-state index is 13.3. The highest BCUT2D eigenvalue weighted by atomic mass is 19.2. The smallest absolute Gasteiger partial charge is 0.200 e. The van der Waals surface area contributed by atoms with Gasteiger partial charge in [-0.25, -0.2) is 4.39 Å². The van der Waals surface area contributed by atoms with Crippen molar-refractivity contribution >= 4 is 0 Å². The van der Waals surface area contributed by atoms with E-state index in [1.54, 1.807) is 0 Å². The molecule has 0 spiro atoms. The van der Waals surface area contributed by atoms with E-state index in [-0.39, 0.29) is 5.75 Å². The Kier molecular flexibility index (Phi) is 5.23. The van der Waals surface area contributed by atoms with Crippen LogP contribution >= 0.6 is 0 Å². The molecule has 1 rings (SSSR count). The zero-order valence-corrected chi connectivity index (χ0v) is 9.85. The Hall–Kier alpha value is -1.12. The SMILES string of the molecule is CCCCCCOc1ccc(C)c(F)c1F. The normalized spacial score (nSPS) is 10.5. The van der Waals surface area contributed by atoms with Gasteiger partial charge in [0.25, 0.3) is 0 Å². The molecule has 1 aromatic carbocycles. The van der Waals surface area contributed by atoms with E-state index in [9.17, 15) is 8.78 Å². The van der Waals surface area contributed by atoms with Crippen LogP contribution in [0.3, 0.4) is 0 Å². The quantitative estimate of drug-likeness (QED) is 0.662. The van der Waals surface area contributed by atoms with Crippen LogP contribution in [-0.2, 0) is 0 Å². The molecule has 0 aliphatic carbocycles. The highest BCUT2D eigenvalue weighted by Crippen LogP contribution is 2.22. The maximum Gasteiger partial charge on any atom is 0.200 e. The van der Waals surface area contributed by atoms with Crippen molar-refractivity contribution < 1.29 is 13.5 Å². The Morgan fingerprint density at radius 1 is 1.06 bits per heavy atom. The van der Waals surface area contributed by atoms with Crippen LogP contribution in [-0.4, -0.2) is 6.61 Å². The summed E-state index contributed by atoms with van der Waals surface area (Å²) < 4.78 is 31.7. The number of ether oxygens (including phenoxy) is 1. The summed E-state index contributed by atoms with van der Waals surface area (Å²) in [6, 6.07) is 3.01. The highest BCUT2D eigenvalue weighted by Gasteiger charge is 2.11. The Morgan fingerprint density at radius 3 is 2.50 bits per heavy atom. The van der Waals surface area contributed by atoms with E-state index in [1.165, 1.54) is 19.1 Å². The first kappa shape index (κ1) is 12.9. The zero-order chi connectivity index (χ0) is 12.0. The lowest BCUT2D eigenvalue weighted by atomic mass is 10.2. The van der Waals surface area contributed by atoms with Crippen molar-refractivity contribution in [3.8, 4) is 5.75 Å². The van der Waals surface area contributed by atoms with Crippen LogP contribution in [0.25, 0.3) is 0 Å². The number of hydrogen-bond acceptors (Lipinski definition) is 1. The molecule has 0 amide bonds. The molecule has 0 N–H and O–H groups in total. The lowest BCUT2D eigenvalue weighted by Crippen LogP contribution is -2.01. The van der Waals surface area contributed by atoms with Gasteiger partial charge in [0.15, 0.2) is 11.6 Å². The minimum Gasteiger partial charge on any atom is -0.490 e. The van der Waals surface area contributed by atoms with Gasteiger partial charge < -0.3 is 4.74 Å². The van der Waals surface area contributed by atoms with Crippen molar-refractivity contribution in [2.45, 2.75) is 39.5 Å². The average molecular weight is 228 g/mol. The fraction of sp³-hybridized carbons (Fsp3) is 0.538. The fourth-order valence-corrected chi connectivity index (χ4v) is 1.45. The van der Waals surface area contributed by atoms with Gasteiger partial charge in [-0.1, -0.05) is 32.3 Å². The first-order valence-corrected chi connectivity index (χ1v) is 5.74. The van der Waals surface area contributed by atoms with Crippen molar-refractivity contribution in [3.63, 3.8) is 0 Å². The molecule has 1 aromatic rings. The fourth-order valence-electron chi connectivity index (χ4n) is 1.45. The van der Waals surface area contributed by atoms with Gasteiger partial charge in [-0.2, -0.15) is 4.39 Å². The number of halogens is 2. The average Bonchev–Trinajstić information content (AvgIpc) is 2.28. The Balaban J connectivity index is 2.45. The molecular weight excluding hydrogens is 210 g/mol. The second kappa shape index (κ2) is 6.46. The third-order valence-electron chi connectivity index (χ3n) is 2.50. The largest absolute Gasteiger partial charge is 0.490 e. The van der Waals surface area contributed by atoms with E-state index >= 15 is 0 Å². The molecule has 0 aliphatic rings. The number of unbranched alkanes of at least 4 members (excludes halogenated alkanes) is 3. The van der Waals surface area contributed by atoms with Crippen LogP contribution < -0.4 is 4.74 Å². The molecule has 0 radical (unpaired) electrons. The van der Waals surface area contributed by atoms with E-state index in [1.807, 2.05) is 0 Å². The summed E-state index contributed by atoms with van der Waals surface area (Å²) >= 11 is 0. The number of benzene rings is 1. The molecule has 0 bridgehead atoms. The first-order chi connectivity index (χ1) is 7.66. The topological polar surface area (TPSA) is 9.23 Å². The summed E-state index contributed by atoms with van der Waals surface area (Å²) in [6.07, 6.45) is 4.23. The summed E-state index contributed by atoms with van der Waals surface area (Å²) in [5, 5.41) is 0. The van der Waals surface area contributed by atoms with Gasteiger partial charge in [0.05, 0.1) is 6.61 Å². The predicted octanol–water partition coefficient (Wildman–Crippen LogP) is 4.23. The molecular formula is C13H18F2O. The van der Waals surface area contributed by atoms with Crippen molar-refractivity contribution in [1.82, 2.24) is 0 Å². The Labute approximate surface area is 95.4 Å². The molecule has 1 nitrogen and oxygen atoms in total. The van der Waals surface area contributed by atoms with Crippen molar-refractivity contribution in [2.75, 3.05) is 6.61 Å². The summed E-state index contributed by atoms with van der Waals surface area (Å²) in [5.74, 6) is -1.68. The van der Waals surface area contributed by atoms with Crippen molar-refractivity contribution in [1.29, 1.82) is 0 Å². The number of hydrogen-bond donors (Lipinski definition) is 0. The lowest BCUT2D eigenvalue weighted by Gasteiger charge is -2.08. The monoisotopic (exact) mass is 228 g/mol. The van der Waals surface area contributed by atoms with E-state index in [0.717, 1.165) is 25.7 Å². The highest BCUT2D eigenvalue weighted by molar-refractivity contribution is 5.30. The molecule has 90 valence electrons. The van der Waals surface area contributed by atoms with Gasteiger partial charge in [0.2, 0.25) is 5.82 Å². The minimum atomic E-state index is -0.879. The summed E-state index contributed by atoms with van der Waals surface area (Å²) in [6.45, 7) is 4.10. The third kappa shape index (κ3) is 3.47. The molecule has 0 saturated heterocycles. The van der Waals surface area contributed by atoms with E-state index in [4.69, 9.17) is 4.74 Å². The molecule has 0 aromatic heterocycles. The maximum atomic E-state index is 13.3. The summed E-state index contributed by atoms with van der Waals surface area (Å²) in [5.41, 5.74) is 0.302. The van der Waals surface area contributed by atoms with Gasteiger partial charge in [0, 0.05) is 0 Å². The summed E-state index contributed by atoms with van der Waals surface area (Å²) in [7, 11) is 0. The molecule has 0 heterocycles. The first-order valence-electron chi connectivity index (χ1n) is 5.74. The molecule has 0 fully saturated rings. The summed E-state index contributed by atoms with van der Waals surface area (Å²) in [4.78, 5) is 0. The van der Waals surface area contributed by atoms with Crippen LogP contribution in [0.1, 0.15) is 38.2 Å². The molecule has 0 aliphatic heterocycles. The van der Waals surface area contributed by atoms with Crippen LogP contribution in [0.5, 0.6) is 5.75 Å². The Bertz CT molecular complexity index is 337. The van der Waals surface area contributed by atoms with Crippen molar-refractivity contribution in [2.24, 2.45) is 0 Å². The molecule has 16 heavy (non-hydrogen) atoms. The van der Waals surface area contributed by atoms with E-state index in [2.05, 4.69) is 6.92 Å². The number of rotatable bonds is 6. The minimum absolute atomic E-state index is 0.0135. The van der Waals surface area contributed by atoms with Gasteiger partial charge in [0.1, 0.15) is 0 Å². The second-order valence-electron chi connectivity index (χ2n) is 3.92. The van der Waals surface area contributed by atoms with Crippen LogP contribution in [0.15, 0.2) is 12.1 Å². The van der Waals surface area contributed by atoms with E-state index in [0.29, 0.717) is 12.2 Å². The lowest BCUT2D eigenvalue weighted by molar-refractivity contribution is 0.285. The van der Waals surface area contributed by atoms with Gasteiger partial charge in [-0.3, -0.25) is 0 Å². The zero-order valence-electron chi connectivity index (χ0n) is 9.85. The Morgan fingerprint density at radius 2 is 1.81 bits per heavy atom. The van der Waals surface area contributed by atoms with Gasteiger partial charge in [-0.05, 0) is 25.0 Å². The van der Waals surface area contributed by atoms with Crippen LogP contribution in [0, 0.1) is 18.6 Å². The van der Waals surface area contributed by atoms with Gasteiger partial charge >= 0.3 is 0 Å². The van der Waals surface area contributed by atoms with E-state index < -0.39 is 11.6 Å². The number of aryl methyl sites for hydroxylation is 1. The third-order valence-corrected chi connectivity index (χ3v) is 2.50. The molecule has 0 saturated carbocycles. The molecule has 0 unspecified atom stereocenters.